The van der Waals surface area contributed by atoms with Crippen LogP contribution < -0.4 is 5.32 Å². The van der Waals surface area contributed by atoms with Gasteiger partial charge in [0, 0.05) is 23.9 Å². The van der Waals surface area contributed by atoms with Crippen LogP contribution in [0, 0.1) is 0 Å². The third-order valence-corrected chi connectivity index (χ3v) is 3.32. The fourth-order valence-electron chi connectivity index (χ4n) is 1.49. The molecule has 0 unspecified atom stereocenters. The largest absolute Gasteiger partial charge is 0.345 e. The van der Waals surface area contributed by atoms with Crippen LogP contribution in [0.15, 0.2) is 35.1 Å². The first-order chi connectivity index (χ1) is 8.58. The molecule has 0 saturated heterocycles. The van der Waals surface area contributed by atoms with Crippen LogP contribution in [0.25, 0.3) is 0 Å². The van der Waals surface area contributed by atoms with Gasteiger partial charge in [-0.1, -0.05) is 27.5 Å². The molecule has 1 N–H and O–H groups in total. The Morgan fingerprint density at radius 2 is 2.33 bits per heavy atom. The summed E-state index contributed by atoms with van der Waals surface area (Å²) in [7, 11) is 1.88. The van der Waals surface area contributed by atoms with Crippen LogP contribution >= 0.6 is 27.5 Å². The first-order valence-corrected chi connectivity index (χ1v) is 6.44. The standard InChI is InChI=1S/C12H11BrClN3O/c1-17-5-4-15-11(17)7-16-12(18)9-6-8(13)2-3-10(9)14/h2-6H,7H2,1H3,(H,16,18). The van der Waals surface area contributed by atoms with E-state index in [2.05, 4.69) is 26.2 Å². The van der Waals surface area contributed by atoms with Gasteiger partial charge < -0.3 is 9.88 Å². The maximum Gasteiger partial charge on any atom is 0.253 e. The number of halogens is 2. The molecule has 0 fully saturated rings. The van der Waals surface area contributed by atoms with Gasteiger partial charge in [-0.2, -0.15) is 0 Å². The van der Waals surface area contributed by atoms with Crippen LogP contribution in [0.3, 0.4) is 0 Å². The lowest BCUT2D eigenvalue weighted by Gasteiger charge is -2.07. The molecule has 0 spiro atoms. The molecule has 1 aromatic heterocycles. The zero-order valence-corrected chi connectivity index (χ0v) is 12.0. The second-order valence-corrected chi connectivity index (χ2v) is 5.08. The molecule has 2 rings (SSSR count). The minimum Gasteiger partial charge on any atom is -0.345 e. The summed E-state index contributed by atoms with van der Waals surface area (Å²) >= 11 is 9.29. The summed E-state index contributed by atoms with van der Waals surface area (Å²) in [5, 5.41) is 3.21. The van der Waals surface area contributed by atoms with Crippen molar-refractivity contribution in [2.24, 2.45) is 7.05 Å². The molecule has 94 valence electrons. The summed E-state index contributed by atoms with van der Waals surface area (Å²) in [4.78, 5) is 16.1. The summed E-state index contributed by atoms with van der Waals surface area (Å²) < 4.78 is 2.66. The number of imidazole rings is 1. The highest BCUT2D eigenvalue weighted by atomic mass is 79.9. The van der Waals surface area contributed by atoms with Gasteiger partial charge in [-0.15, -0.1) is 0 Å². The number of nitrogens with zero attached hydrogens (tertiary/aromatic N) is 2. The van der Waals surface area contributed by atoms with E-state index in [-0.39, 0.29) is 5.91 Å². The number of carbonyl (C=O) groups is 1. The molecular formula is C12H11BrClN3O. The van der Waals surface area contributed by atoms with Gasteiger partial charge in [0.2, 0.25) is 0 Å². The normalized spacial score (nSPS) is 10.4. The van der Waals surface area contributed by atoms with Crippen LogP contribution in [-0.4, -0.2) is 15.5 Å². The molecule has 1 amide bonds. The number of aromatic nitrogens is 2. The van der Waals surface area contributed by atoms with Crippen molar-refractivity contribution in [1.82, 2.24) is 14.9 Å². The van der Waals surface area contributed by atoms with Crippen molar-refractivity contribution >= 4 is 33.4 Å². The lowest BCUT2D eigenvalue weighted by Crippen LogP contribution is -2.24. The predicted molar refractivity (Wildman–Crippen MR) is 73.5 cm³/mol. The molecule has 0 atom stereocenters. The van der Waals surface area contributed by atoms with Crippen LogP contribution in [0.4, 0.5) is 0 Å². The smallest absolute Gasteiger partial charge is 0.253 e. The van der Waals surface area contributed by atoms with E-state index in [0.29, 0.717) is 17.1 Å². The Hall–Kier alpha value is -1.33. The van der Waals surface area contributed by atoms with E-state index in [1.54, 1.807) is 24.4 Å². The van der Waals surface area contributed by atoms with Gasteiger partial charge in [-0.25, -0.2) is 4.98 Å². The number of rotatable bonds is 3. The van der Waals surface area contributed by atoms with E-state index in [1.807, 2.05) is 17.8 Å². The quantitative estimate of drug-likeness (QED) is 0.942. The summed E-state index contributed by atoms with van der Waals surface area (Å²) in [6.07, 6.45) is 3.52. The number of aryl methyl sites for hydroxylation is 1. The molecule has 0 bridgehead atoms. The Morgan fingerprint density at radius 3 is 3.00 bits per heavy atom. The van der Waals surface area contributed by atoms with Gasteiger partial charge in [-0.05, 0) is 18.2 Å². The van der Waals surface area contributed by atoms with Crippen molar-refractivity contribution in [3.8, 4) is 0 Å². The second-order valence-electron chi connectivity index (χ2n) is 3.76. The van der Waals surface area contributed by atoms with Gasteiger partial charge in [-0.3, -0.25) is 4.79 Å². The lowest BCUT2D eigenvalue weighted by atomic mass is 10.2. The highest BCUT2D eigenvalue weighted by molar-refractivity contribution is 9.10. The fourth-order valence-corrected chi connectivity index (χ4v) is 2.06. The number of carbonyl (C=O) groups excluding carboxylic acids is 1. The molecule has 0 saturated carbocycles. The fraction of sp³-hybridized carbons (Fsp3) is 0.167. The van der Waals surface area contributed by atoms with E-state index in [9.17, 15) is 4.79 Å². The predicted octanol–water partition coefficient (Wildman–Crippen LogP) is 2.77. The third-order valence-electron chi connectivity index (χ3n) is 2.50. The van der Waals surface area contributed by atoms with Crippen LogP contribution in [0.5, 0.6) is 0 Å². The maximum atomic E-state index is 12.0. The van der Waals surface area contributed by atoms with E-state index in [1.165, 1.54) is 0 Å². The average molecular weight is 329 g/mol. The SMILES string of the molecule is Cn1ccnc1CNC(=O)c1cc(Br)ccc1Cl. The molecular weight excluding hydrogens is 318 g/mol. The van der Waals surface area contributed by atoms with Crippen LogP contribution in [0.1, 0.15) is 16.2 Å². The van der Waals surface area contributed by atoms with Crippen molar-refractivity contribution in [3.05, 3.63) is 51.5 Å². The highest BCUT2D eigenvalue weighted by Crippen LogP contribution is 2.20. The molecule has 2 aromatic rings. The van der Waals surface area contributed by atoms with Crippen molar-refractivity contribution in [2.45, 2.75) is 6.54 Å². The lowest BCUT2D eigenvalue weighted by molar-refractivity contribution is 0.0949. The molecule has 6 heteroatoms. The second kappa shape index (κ2) is 5.54. The number of amides is 1. The number of hydrogen-bond acceptors (Lipinski definition) is 2. The monoisotopic (exact) mass is 327 g/mol. The van der Waals surface area contributed by atoms with Gasteiger partial charge in [0.15, 0.2) is 0 Å². The Morgan fingerprint density at radius 1 is 1.56 bits per heavy atom. The molecule has 0 aliphatic carbocycles. The maximum absolute atomic E-state index is 12.0. The van der Waals surface area contributed by atoms with Crippen molar-refractivity contribution < 1.29 is 4.79 Å². The molecule has 4 nitrogen and oxygen atoms in total. The first-order valence-electron chi connectivity index (χ1n) is 5.27. The van der Waals surface area contributed by atoms with Crippen molar-refractivity contribution in [3.63, 3.8) is 0 Å². The van der Waals surface area contributed by atoms with E-state index in [4.69, 9.17) is 11.6 Å². The molecule has 1 aromatic carbocycles. The van der Waals surface area contributed by atoms with Crippen molar-refractivity contribution in [1.29, 1.82) is 0 Å². The molecule has 0 aliphatic rings. The average Bonchev–Trinajstić information content (AvgIpc) is 2.75. The summed E-state index contributed by atoms with van der Waals surface area (Å²) in [5.74, 6) is 0.568. The summed E-state index contributed by atoms with van der Waals surface area (Å²) in [5.41, 5.74) is 0.445. The first kappa shape index (κ1) is 13.1. The number of nitrogens with one attached hydrogen (secondary N) is 1. The Bertz CT molecular complexity index is 582. The molecule has 0 radical (unpaired) electrons. The minimum absolute atomic E-state index is 0.218. The van der Waals surface area contributed by atoms with Crippen LogP contribution in [0.2, 0.25) is 5.02 Å². The molecule has 18 heavy (non-hydrogen) atoms. The Kier molecular flexibility index (Phi) is 4.04. The summed E-state index contributed by atoms with van der Waals surface area (Å²) in [6, 6.07) is 5.16. The van der Waals surface area contributed by atoms with Gasteiger partial charge >= 0.3 is 0 Å². The Balaban J connectivity index is 2.08. The van der Waals surface area contributed by atoms with Crippen molar-refractivity contribution in [2.75, 3.05) is 0 Å². The van der Waals surface area contributed by atoms with E-state index >= 15 is 0 Å². The zero-order valence-electron chi connectivity index (χ0n) is 9.65. The van der Waals surface area contributed by atoms with Gasteiger partial charge in [0.05, 0.1) is 17.1 Å². The van der Waals surface area contributed by atoms with E-state index in [0.717, 1.165) is 10.3 Å². The topological polar surface area (TPSA) is 46.9 Å². The highest BCUT2D eigenvalue weighted by Gasteiger charge is 2.11. The third kappa shape index (κ3) is 2.91. The zero-order chi connectivity index (χ0) is 13.1. The van der Waals surface area contributed by atoms with E-state index < -0.39 is 0 Å². The Labute approximate surface area is 118 Å². The van der Waals surface area contributed by atoms with Crippen LogP contribution in [-0.2, 0) is 13.6 Å². The van der Waals surface area contributed by atoms with Gasteiger partial charge in [0.25, 0.3) is 5.91 Å². The molecule has 0 aliphatic heterocycles. The van der Waals surface area contributed by atoms with Gasteiger partial charge in [0.1, 0.15) is 5.82 Å². The minimum atomic E-state index is -0.218. The summed E-state index contributed by atoms with van der Waals surface area (Å²) in [6.45, 7) is 0.366. The number of hydrogen-bond donors (Lipinski definition) is 1. The number of benzene rings is 1. The molecule has 1 heterocycles.